The highest BCUT2D eigenvalue weighted by Crippen LogP contribution is 2.18. The van der Waals surface area contributed by atoms with E-state index in [0.29, 0.717) is 6.61 Å². The molecule has 2 unspecified atom stereocenters. The van der Waals surface area contributed by atoms with Crippen molar-refractivity contribution < 1.29 is 14.3 Å². The van der Waals surface area contributed by atoms with Gasteiger partial charge < -0.3 is 9.47 Å². The molecule has 0 aromatic heterocycles. The number of rotatable bonds is 3. The van der Waals surface area contributed by atoms with E-state index in [4.69, 9.17) is 9.47 Å². The first-order valence-electron chi connectivity index (χ1n) is 4.59. The number of carbonyl (C=O) groups excluding carboxylic acids is 1. The molecule has 1 heterocycles. The zero-order chi connectivity index (χ0) is 9.84. The molecule has 1 saturated heterocycles. The van der Waals surface area contributed by atoms with E-state index >= 15 is 0 Å². The molecule has 3 heteroatoms. The van der Waals surface area contributed by atoms with Crippen LogP contribution in [0.5, 0.6) is 0 Å². The molecule has 0 aliphatic carbocycles. The Bertz CT molecular complexity index is 198. The molecule has 0 spiro atoms. The summed E-state index contributed by atoms with van der Waals surface area (Å²) in [6, 6.07) is 0. The summed E-state index contributed by atoms with van der Waals surface area (Å²) >= 11 is 0. The summed E-state index contributed by atoms with van der Waals surface area (Å²) < 4.78 is 10.5. The molecular formula is C10H16O3. The van der Waals surface area contributed by atoms with Crippen LogP contribution < -0.4 is 0 Å². The van der Waals surface area contributed by atoms with Gasteiger partial charge in [0, 0.05) is 6.42 Å². The van der Waals surface area contributed by atoms with Crippen molar-refractivity contribution in [3.05, 3.63) is 12.7 Å². The Kier molecular flexibility index (Phi) is 3.48. The van der Waals surface area contributed by atoms with Gasteiger partial charge in [0.05, 0.1) is 12.5 Å². The molecule has 2 atom stereocenters. The molecule has 0 radical (unpaired) electrons. The molecule has 0 aromatic carbocycles. The van der Waals surface area contributed by atoms with Crippen LogP contribution >= 0.6 is 0 Å². The second kappa shape index (κ2) is 4.42. The van der Waals surface area contributed by atoms with Crippen LogP contribution in [0.3, 0.4) is 0 Å². The predicted octanol–water partition coefficient (Wildman–Crippen LogP) is 1.53. The van der Waals surface area contributed by atoms with E-state index in [-0.39, 0.29) is 24.1 Å². The summed E-state index contributed by atoms with van der Waals surface area (Å²) in [5.41, 5.74) is 0. The summed E-state index contributed by atoms with van der Waals surface area (Å²) in [5, 5.41) is 0. The van der Waals surface area contributed by atoms with Gasteiger partial charge in [-0.25, -0.2) is 0 Å². The van der Waals surface area contributed by atoms with E-state index in [2.05, 4.69) is 6.58 Å². The second-order valence-electron chi connectivity index (χ2n) is 3.49. The average molecular weight is 184 g/mol. The molecule has 0 saturated carbocycles. The predicted molar refractivity (Wildman–Crippen MR) is 49.3 cm³/mol. The van der Waals surface area contributed by atoms with Gasteiger partial charge in [-0.1, -0.05) is 19.9 Å². The third-order valence-electron chi connectivity index (χ3n) is 2.05. The number of ether oxygens (including phenoxy) is 2. The second-order valence-corrected chi connectivity index (χ2v) is 3.49. The Morgan fingerprint density at radius 1 is 1.69 bits per heavy atom. The quantitative estimate of drug-likeness (QED) is 0.493. The maximum atomic E-state index is 11.2. The molecule has 1 aliphatic rings. The lowest BCUT2D eigenvalue weighted by Crippen LogP contribution is -2.27. The normalized spacial score (nSPS) is 27.6. The third kappa shape index (κ3) is 2.56. The van der Waals surface area contributed by atoms with Gasteiger partial charge in [-0.2, -0.15) is 0 Å². The van der Waals surface area contributed by atoms with E-state index in [1.807, 2.05) is 13.8 Å². The van der Waals surface area contributed by atoms with Crippen molar-refractivity contribution in [3.8, 4) is 0 Å². The standard InChI is InChI=1S/C10H16O3/c1-4-8-9(5-6-12-8)13-10(11)7(2)3/h4,7-9H,1,5-6H2,2-3H3. The fraction of sp³-hybridized carbons (Fsp3) is 0.700. The van der Waals surface area contributed by atoms with Crippen molar-refractivity contribution >= 4 is 5.97 Å². The largest absolute Gasteiger partial charge is 0.459 e. The van der Waals surface area contributed by atoms with Crippen molar-refractivity contribution in [2.24, 2.45) is 5.92 Å². The molecule has 13 heavy (non-hydrogen) atoms. The summed E-state index contributed by atoms with van der Waals surface area (Å²) in [5.74, 6) is -0.242. The minimum absolute atomic E-state index is 0.0777. The highest BCUT2D eigenvalue weighted by atomic mass is 16.6. The fourth-order valence-corrected chi connectivity index (χ4v) is 1.22. The Morgan fingerprint density at radius 3 is 2.92 bits per heavy atom. The SMILES string of the molecule is C=CC1OCCC1OC(=O)C(C)C. The monoisotopic (exact) mass is 184 g/mol. The smallest absolute Gasteiger partial charge is 0.308 e. The molecule has 1 rings (SSSR count). The zero-order valence-corrected chi connectivity index (χ0v) is 8.16. The molecule has 1 aliphatic heterocycles. The van der Waals surface area contributed by atoms with E-state index in [9.17, 15) is 4.79 Å². The molecule has 74 valence electrons. The fourth-order valence-electron chi connectivity index (χ4n) is 1.22. The molecule has 3 nitrogen and oxygen atoms in total. The maximum absolute atomic E-state index is 11.2. The number of hydrogen-bond acceptors (Lipinski definition) is 3. The van der Waals surface area contributed by atoms with Gasteiger partial charge in [0.25, 0.3) is 0 Å². The lowest BCUT2D eigenvalue weighted by molar-refractivity contribution is -0.154. The molecular weight excluding hydrogens is 168 g/mol. The topological polar surface area (TPSA) is 35.5 Å². The first-order valence-corrected chi connectivity index (χ1v) is 4.59. The molecule has 1 fully saturated rings. The van der Waals surface area contributed by atoms with Crippen LogP contribution in [0.25, 0.3) is 0 Å². The molecule has 0 N–H and O–H groups in total. The minimum atomic E-state index is -0.164. The van der Waals surface area contributed by atoms with E-state index in [1.54, 1.807) is 6.08 Å². The van der Waals surface area contributed by atoms with Crippen LogP contribution in [0.1, 0.15) is 20.3 Å². The lowest BCUT2D eigenvalue weighted by Gasteiger charge is -2.16. The van der Waals surface area contributed by atoms with Crippen molar-refractivity contribution in [2.45, 2.75) is 32.5 Å². The Hall–Kier alpha value is -0.830. The third-order valence-corrected chi connectivity index (χ3v) is 2.05. The van der Waals surface area contributed by atoms with Crippen LogP contribution in [0.15, 0.2) is 12.7 Å². The van der Waals surface area contributed by atoms with Gasteiger partial charge in [-0.3, -0.25) is 4.79 Å². The highest BCUT2D eigenvalue weighted by Gasteiger charge is 2.29. The minimum Gasteiger partial charge on any atom is -0.459 e. The number of carbonyl (C=O) groups is 1. The average Bonchev–Trinajstić information content (AvgIpc) is 2.51. The van der Waals surface area contributed by atoms with E-state index in [1.165, 1.54) is 0 Å². The Balaban J connectivity index is 2.44. The van der Waals surface area contributed by atoms with Gasteiger partial charge in [-0.15, -0.1) is 6.58 Å². The summed E-state index contributed by atoms with van der Waals surface area (Å²) in [6.45, 7) is 7.92. The van der Waals surface area contributed by atoms with Crippen LogP contribution in [0.4, 0.5) is 0 Å². The van der Waals surface area contributed by atoms with Crippen molar-refractivity contribution in [2.75, 3.05) is 6.61 Å². The van der Waals surface area contributed by atoms with Crippen molar-refractivity contribution in [1.82, 2.24) is 0 Å². The van der Waals surface area contributed by atoms with Crippen LogP contribution in [0.2, 0.25) is 0 Å². The van der Waals surface area contributed by atoms with Crippen LogP contribution in [0, 0.1) is 5.92 Å². The van der Waals surface area contributed by atoms with Gasteiger partial charge in [-0.05, 0) is 0 Å². The summed E-state index contributed by atoms with van der Waals surface area (Å²) in [7, 11) is 0. The summed E-state index contributed by atoms with van der Waals surface area (Å²) in [4.78, 5) is 11.2. The number of esters is 1. The van der Waals surface area contributed by atoms with Gasteiger partial charge in [0.2, 0.25) is 0 Å². The maximum Gasteiger partial charge on any atom is 0.308 e. The first kappa shape index (κ1) is 10.3. The van der Waals surface area contributed by atoms with E-state index < -0.39 is 0 Å². The molecule has 0 amide bonds. The van der Waals surface area contributed by atoms with Gasteiger partial charge in [0.1, 0.15) is 12.2 Å². The number of hydrogen-bond donors (Lipinski definition) is 0. The zero-order valence-electron chi connectivity index (χ0n) is 8.16. The van der Waals surface area contributed by atoms with Gasteiger partial charge >= 0.3 is 5.97 Å². The first-order chi connectivity index (χ1) is 6.15. The van der Waals surface area contributed by atoms with Crippen LogP contribution in [-0.4, -0.2) is 24.8 Å². The Morgan fingerprint density at radius 2 is 2.38 bits per heavy atom. The van der Waals surface area contributed by atoms with Crippen molar-refractivity contribution in [3.63, 3.8) is 0 Å². The lowest BCUT2D eigenvalue weighted by atomic mass is 10.2. The molecule has 0 aromatic rings. The summed E-state index contributed by atoms with van der Waals surface area (Å²) in [6.07, 6.45) is 2.20. The van der Waals surface area contributed by atoms with Crippen LogP contribution in [-0.2, 0) is 14.3 Å². The molecule has 0 bridgehead atoms. The van der Waals surface area contributed by atoms with Crippen molar-refractivity contribution in [1.29, 1.82) is 0 Å². The highest BCUT2D eigenvalue weighted by molar-refractivity contribution is 5.71. The van der Waals surface area contributed by atoms with Gasteiger partial charge in [0.15, 0.2) is 0 Å². The van der Waals surface area contributed by atoms with E-state index in [0.717, 1.165) is 6.42 Å². The Labute approximate surface area is 78.7 Å².